The molecule has 1 aromatic carbocycles. The molecule has 1 aliphatic heterocycles. The van der Waals surface area contributed by atoms with Gasteiger partial charge in [-0.2, -0.15) is 0 Å². The molecule has 1 atom stereocenters. The third-order valence-electron chi connectivity index (χ3n) is 4.79. The Balaban J connectivity index is 1.46. The van der Waals surface area contributed by atoms with Gasteiger partial charge in [-0.25, -0.2) is 4.98 Å². The topological polar surface area (TPSA) is 55.3 Å². The van der Waals surface area contributed by atoms with Crippen LogP contribution in [0.15, 0.2) is 60.1 Å². The van der Waals surface area contributed by atoms with Crippen molar-refractivity contribution in [2.24, 2.45) is 0 Å². The molecule has 0 bridgehead atoms. The summed E-state index contributed by atoms with van der Waals surface area (Å²) >= 11 is 1.52. The molecule has 3 aromatic rings. The third kappa shape index (κ3) is 4.82. The highest BCUT2D eigenvalue weighted by molar-refractivity contribution is 7.13. The van der Waals surface area contributed by atoms with Gasteiger partial charge in [-0.1, -0.05) is 36.4 Å². The van der Waals surface area contributed by atoms with E-state index in [0.29, 0.717) is 19.5 Å². The van der Waals surface area contributed by atoms with Crippen LogP contribution in [0.2, 0.25) is 0 Å². The molecule has 3 heterocycles. The summed E-state index contributed by atoms with van der Waals surface area (Å²) in [5.41, 5.74) is 2.76. The Kier molecular flexibility index (Phi) is 6.09. The van der Waals surface area contributed by atoms with Gasteiger partial charge < -0.3 is 9.64 Å². The first-order valence-corrected chi connectivity index (χ1v) is 10.4. The molecule has 6 heteroatoms. The first-order valence-electron chi connectivity index (χ1n) is 9.57. The molecule has 1 aliphatic rings. The molecule has 28 heavy (non-hydrogen) atoms. The summed E-state index contributed by atoms with van der Waals surface area (Å²) in [7, 11) is 0. The van der Waals surface area contributed by atoms with Crippen molar-refractivity contribution in [1.29, 1.82) is 0 Å². The zero-order valence-electron chi connectivity index (χ0n) is 15.7. The highest BCUT2D eigenvalue weighted by Gasteiger charge is 2.23. The van der Waals surface area contributed by atoms with Gasteiger partial charge in [0.15, 0.2) is 0 Å². The Morgan fingerprint density at radius 1 is 1.18 bits per heavy atom. The van der Waals surface area contributed by atoms with Crippen molar-refractivity contribution < 1.29 is 9.53 Å². The molecule has 0 radical (unpaired) electrons. The molecular formula is C22H23N3O2S. The Morgan fingerprint density at radius 2 is 2.04 bits per heavy atom. The molecule has 1 amide bonds. The van der Waals surface area contributed by atoms with E-state index in [1.807, 2.05) is 46.7 Å². The number of hydrogen-bond donors (Lipinski definition) is 0. The predicted octanol–water partition coefficient (Wildman–Crippen LogP) is 3.96. The van der Waals surface area contributed by atoms with Crippen LogP contribution >= 0.6 is 11.3 Å². The summed E-state index contributed by atoms with van der Waals surface area (Å²) in [6, 6.07) is 15.9. The van der Waals surface area contributed by atoms with E-state index in [4.69, 9.17) is 4.74 Å². The fourth-order valence-corrected chi connectivity index (χ4v) is 4.15. The van der Waals surface area contributed by atoms with Crippen molar-refractivity contribution in [3.05, 3.63) is 71.4 Å². The average Bonchev–Trinajstić information content (AvgIpc) is 3.41. The van der Waals surface area contributed by atoms with E-state index >= 15 is 0 Å². The van der Waals surface area contributed by atoms with Gasteiger partial charge in [0.25, 0.3) is 0 Å². The molecule has 144 valence electrons. The summed E-state index contributed by atoms with van der Waals surface area (Å²) in [6.45, 7) is 2.01. The van der Waals surface area contributed by atoms with E-state index in [2.05, 4.69) is 22.1 Å². The SMILES string of the molecule is O=C(Cc1csc(-c2ccccn2)n1)N(Cc1ccccc1)CC1CCCO1. The van der Waals surface area contributed by atoms with Crippen LogP contribution in [0.4, 0.5) is 0 Å². The normalized spacial score (nSPS) is 16.2. The number of benzene rings is 1. The first-order chi connectivity index (χ1) is 13.8. The first kappa shape index (κ1) is 18.8. The molecule has 0 aliphatic carbocycles. The van der Waals surface area contributed by atoms with E-state index in [1.54, 1.807) is 6.20 Å². The number of ether oxygens (including phenoxy) is 1. The van der Waals surface area contributed by atoms with Crippen LogP contribution in [-0.4, -0.2) is 40.0 Å². The lowest BCUT2D eigenvalue weighted by Gasteiger charge is -2.25. The van der Waals surface area contributed by atoms with Crippen LogP contribution in [-0.2, 0) is 22.5 Å². The van der Waals surface area contributed by atoms with E-state index in [9.17, 15) is 4.79 Å². The highest BCUT2D eigenvalue weighted by Crippen LogP contribution is 2.22. The van der Waals surface area contributed by atoms with E-state index in [1.165, 1.54) is 11.3 Å². The number of carbonyl (C=O) groups excluding carboxylic acids is 1. The number of pyridine rings is 1. The lowest BCUT2D eigenvalue weighted by Crippen LogP contribution is -2.37. The van der Waals surface area contributed by atoms with Crippen molar-refractivity contribution in [3.63, 3.8) is 0 Å². The van der Waals surface area contributed by atoms with Gasteiger partial charge in [-0.05, 0) is 30.5 Å². The Bertz CT molecular complexity index is 892. The van der Waals surface area contributed by atoms with Crippen LogP contribution in [0.1, 0.15) is 24.1 Å². The smallest absolute Gasteiger partial charge is 0.229 e. The molecule has 0 saturated carbocycles. The minimum Gasteiger partial charge on any atom is -0.376 e. The van der Waals surface area contributed by atoms with E-state index in [0.717, 1.165) is 41.4 Å². The van der Waals surface area contributed by atoms with Crippen molar-refractivity contribution >= 4 is 17.2 Å². The lowest BCUT2D eigenvalue weighted by molar-refractivity contribution is -0.132. The van der Waals surface area contributed by atoms with Crippen LogP contribution in [0.3, 0.4) is 0 Å². The second-order valence-corrected chi connectivity index (χ2v) is 7.79. The zero-order valence-corrected chi connectivity index (χ0v) is 16.5. The maximum absolute atomic E-state index is 13.1. The summed E-state index contributed by atoms with van der Waals surface area (Å²) < 4.78 is 5.77. The third-order valence-corrected chi connectivity index (χ3v) is 5.70. The summed E-state index contributed by atoms with van der Waals surface area (Å²) in [6.07, 6.45) is 4.26. The molecule has 4 rings (SSSR count). The fraction of sp³-hybridized carbons (Fsp3) is 0.318. The predicted molar refractivity (Wildman–Crippen MR) is 110 cm³/mol. The molecule has 0 spiro atoms. The van der Waals surface area contributed by atoms with Gasteiger partial charge in [0, 0.05) is 31.3 Å². The largest absolute Gasteiger partial charge is 0.376 e. The monoisotopic (exact) mass is 393 g/mol. The number of rotatable bonds is 7. The second-order valence-electron chi connectivity index (χ2n) is 6.93. The summed E-state index contributed by atoms with van der Waals surface area (Å²) in [5.74, 6) is 0.0808. The number of aromatic nitrogens is 2. The van der Waals surface area contributed by atoms with Crippen LogP contribution in [0.5, 0.6) is 0 Å². The average molecular weight is 394 g/mol. The summed E-state index contributed by atoms with van der Waals surface area (Å²) in [4.78, 5) is 23.9. The van der Waals surface area contributed by atoms with Crippen molar-refractivity contribution in [3.8, 4) is 10.7 Å². The van der Waals surface area contributed by atoms with Gasteiger partial charge in [-0.15, -0.1) is 11.3 Å². The van der Waals surface area contributed by atoms with Crippen LogP contribution < -0.4 is 0 Å². The van der Waals surface area contributed by atoms with Gasteiger partial charge in [0.05, 0.1) is 23.9 Å². The quantitative estimate of drug-likeness (QED) is 0.610. The molecule has 0 N–H and O–H groups in total. The van der Waals surface area contributed by atoms with Gasteiger partial charge >= 0.3 is 0 Å². The van der Waals surface area contributed by atoms with Crippen LogP contribution in [0, 0.1) is 0 Å². The number of nitrogens with zero attached hydrogens (tertiary/aromatic N) is 3. The van der Waals surface area contributed by atoms with Gasteiger partial charge in [-0.3, -0.25) is 9.78 Å². The fourth-order valence-electron chi connectivity index (χ4n) is 3.35. The zero-order chi connectivity index (χ0) is 19.2. The number of hydrogen-bond acceptors (Lipinski definition) is 5. The lowest BCUT2D eigenvalue weighted by atomic mass is 10.1. The van der Waals surface area contributed by atoms with Crippen molar-refractivity contribution in [1.82, 2.24) is 14.9 Å². The number of amides is 1. The standard InChI is InChI=1S/C22H23N3O2S/c26-21(13-18-16-28-22(24-18)20-10-4-5-11-23-20)25(15-19-9-6-12-27-19)14-17-7-2-1-3-8-17/h1-5,7-8,10-11,16,19H,6,9,12-15H2. The van der Waals surface area contributed by atoms with Crippen LogP contribution in [0.25, 0.3) is 10.7 Å². The molecule has 1 saturated heterocycles. The minimum absolute atomic E-state index is 0.0808. The maximum Gasteiger partial charge on any atom is 0.229 e. The number of thiazole rings is 1. The second kappa shape index (κ2) is 9.08. The Morgan fingerprint density at radius 3 is 2.79 bits per heavy atom. The van der Waals surface area contributed by atoms with Gasteiger partial charge in [0.1, 0.15) is 5.01 Å². The minimum atomic E-state index is 0.0808. The molecule has 5 nitrogen and oxygen atoms in total. The van der Waals surface area contributed by atoms with E-state index < -0.39 is 0 Å². The van der Waals surface area contributed by atoms with Crippen molar-refractivity contribution in [2.75, 3.05) is 13.2 Å². The van der Waals surface area contributed by atoms with Gasteiger partial charge in [0.2, 0.25) is 5.91 Å². The maximum atomic E-state index is 13.1. The molecule has 2 aromatic heterocycles. The molecular weight excluding hydrogens is 370 g/mol. The highest BCUT2D eigenvalue weighted by atomic mass is 32.1. The number of carbonyl (C=O) groups is 1. The summed E-state index contributed by atoms with van der Waals surface area (Å²) in [5, 5.41) is 2.80. The van der Waals surface area contributed by atoms with E-state index in [-0.39, 0.29) is 12.0 Å². The Labute approximate surface area is 169 Å². The Hall–Kier alpha value is -2.57. The molecule has 1 fully saturated rings. The molecule has 1 unspecified atom stereocenters. The van der Waals surface area contributed by atoms with Crippen molar-refractivity contribution in [2.45, 2.75) is 31.9 Å².